The van der Waals surface area contributed by atoms with E-state index in [0.717, 1.165) is 30.0 Å². The normalized spacial score (nSPS) is 13.9. The molecule has 1 fully saturated rings. The highest BCUT2D eigenvalue weighted by Gasteiger charge is 2.14. The molecule has 0 aliphatic carbocycles. The molecule has 6 nitrogen and oxygen atoms in total. The minimum atomic E-state index is -0.0781. The lowest BCUT2D eigenvalue weighted by Crippen LogP contribution is -2.18. The zero-order valence-electron chi connectivity index (χ0n) is 14.6. The zero-order chi connectivity index (χ0) is 17.8. The molecule has 1 saturated heterocycles. The SMILES string of the molecule is Cc1cc(N)nc(SCC(=O)Nc2ccc(N3CCCC3)cc2C)n1. The van der Waals surface area contributed by atoms with Crippen LogP contribution in [-0.4, -0.2) is 34.7 Å². The van der Waals surface area contributed by atoms with Gasteiger partial charge in [-0.25, -0.2) is 9.97 Å². The van der Waals surface area contributed by atoms with Crippen molar-refractivity contribution in [2.24, 2.45) is 0 Å². The fourth-order valence-electron chi connectivity index (χ4n) is 2.91. The quantitative estimate of drug-likeness (QED) is 0.632. The molecular formula is C18H23N5OS. The first-order valence-electron chi connectivity index (χ1n) is 8.41. The molecule has 2 heterocycles. The number of anilines is 3. The number of nitrogens with one attached hydrogen (secondary N) is 1. The van der Waals surface area contributed by atoms with E-state index >= 15 is 0 Å². The summed E-state index contributed by atoms with van der Waals surface area (Å²) in [5.74, 6) is 0.588. The predicted octanol–water partition coefficient (Wildman–Crippen LogP) is 3.01. The Morgan fingerprint density at radius 3 is 2.68 bits per heavy atom. The summed E-state index contributed by atoms with van der Waals surface area (Å²) in [7, 11) is 0. The summed E-state index contributed by atoms with van der Waals surface area (Å²) in [5.41, 5.74) is 9.64. The number of hydrogen-bond acceptors (Lipinski definition) is 6. The van der Waals surface area contributed by atoms with Gasteiger partial charge in [0.05, 0.1) is 5.75 Å². The molecule has 3 N–H and O–H groups in total. The van der Waals surface area contributed by atoms with Gasteiger partial charge in [0.1, 0.15) is 5.82 Å². The summed E-state index contributed by atoms with van der Waals surface area (Å²) in [6.07, 6.45) is 2.50. The van der Waals surface area contributed by atoms with Crippen molar-refractivity contribution in [3.63, 3.8) is 0 Å². The number of aromatic nitrogens is 2. The van der Waals surface area contributed by atoms with Gasteiger partial charge in [0.25, 0.3) is 0 Å². The molecule has 1 aromatic heterocycles. The average molecular weight is 357 g/mol. The van der Waals surface area contributed by atoms with E-state index in [2.05, 4.69) is 32.3 Å². The number of rotatable bonds is 5. The van der Waals surface area contributed by atoms with Crippen LogP contribution in [0.1, 0.15) is 24.1 Å². The van der Waals surface area contributed by atoms with Crippen molar-refractivity contribution in [1.29, 1.82) is 0 Å². The number of benzene rings is 1. The van der Waals surface area contributed by atoms with E-state index < -0.39 is 0 Å². The van der Waals surface area contributed by atoms with Crippen molar-refractivity contribution < 1.29 is 4.79 Å². The smallest absolute Gasteiger partial charge is 0.234 e. The van der Waals surface area contributed by atoms with E-state index in [4.69, 9.17) is 5.73 Å². The maximum Gasteiger partial charge on any atom is 0.234 e. The summed E-state index contributed by atoms with van der Waals surface area (Å²) in [6, 6.07) is 7.89. The van der Waals surface area contributed by atoms with Crippen LogP contribution in [0.25, 0.3) is 0 Å². The molecule has 0 atom stereocenters. The molecule has 2 aromatic rings. The number of amides is 1. The van der Waals surface area contributed by atoms with E-state index in [1.807, 2.05) is 19.9 Å². The topological polar surface area (TPSA) is 84.1 Å². The Labute approximate surface area is 152 Å². The van der Waals surface area contributed by atoms with Crippen molar-refractivity contribution in [3.05, 3.63) is 35.5 Å². The highest BCUT2D eigenvalue weighted by atomic mass is 32.2. The molecule has 1 aliphatic rings. The molecule has 25 heavy (non-hydrogen) atoms. The molecule has 0 spiro atoms. The van der Waals surface area contributed by atoms with Gasteiger partial charge in [-0.2, -0.15) is 0 Å². The lowest BCUT2D eigenvalue weighted by Gasteiger charge is -2.19. The number of thioether (sulfide) groups is 1. The largest absolute Gasteiger partial charge is 0.384 e. The molecule has 132 valence electrons. The van der Waals surface area contributed by atoms with Crippen LogP contribution < -0.4 is 16.0 Å². The van der Waals surface area contributed by atoms with Gasteiger partial charge in [0, 0.05) is 36.2 Å². The van der Waals surface area contributed by atoms with Gasteiger partial charge in [-0.15, -0.1) is 0 Å². The van der Waals surface area contributed by atoms with Crippen LogP contribution in [0.4, 0.5) is 17.2 Å². The standard InChI is InChI=1S/C18H23N5OS/c1-12-9-14(23-7-3-4-8-23)5-6-15(12)21-17(24)11-25-18-20-13(2)10-16(19)22-18/h5-6,9-10H,3-4,7-8,11H2,1-2H3,(H,21,24)(H2,19,20,22). The summed E-state index contributed by atoms with van der Waals surface area (Å²) in [4.78, 5) is 23.0. The van der Waals surface area contributed by atoms with Crippen LogP contribution in [0, 0.1) is 13.8 Å². The Morgan fingerprint density at radius 2 is 2.00 bits per heavy atom. The van der Waals surface area contributed by atoms with Gasteiger partial charge in [0.2, 0.25) is 5.91 Å². The van der Waals surface area contributed by atoms with Crippen LogP contribution in [0.3, 0.4) is 0 Å². The van der Waals surface area contributed by atoms with Crippen molar-refractivity contribution in [2.75, 3.05) is 34.8 Å². The molecule has 3 rings (SSSR count). The molecule has 7 heteroatoms. The Bertz CT molecular complexity index is 754. The fourth-order valence-corrected chi connectivity index (χ4v) is 3.62. The molecule has 1 aromatic carbocycles. The Morgan fingerprint density at radius 1 is 1.24 bits per heavy atom. The average Bonchev–Trinajstić information content (AvgIpc) is 3.08. The Balaban J connectivity index is 1.58. The third kappa shape index (κ3) is 4.63. The fraction of sp³-hybridized carbons (Fsp3) is 0.389. The van der Waals surface area contributed by atoms with Crippen LogP contribution >= 0.6 is 11.8 Å². The predicted molar refractivity (Wildman–Crippen MR) is 103 cm³/mol. The van der Waals surface area contributed by atoms with Gasteiger partial charge >= 0.3 is 0 Å². The van der Waals surface area contributed by atoms with Crippen LogP contribution in [0.5, 0.6) is 0 Å². The lowest BCUT2D eigenvalue weighted by molar-refractivity contribution is -0.113. The second-order valence-electron chi connectivity index (χ2n) is 6.25. The van der Waals surface area contributed by atoms with Gasteiger partial charge in [-0.1, -0.05) is 11.8 Å². The number of carbonyl (C=O) groups is 1. The number of nitrogens with zero attached hydrogens (tertiary/aromatic N) is 3. The second-order valence-corrected chi connectivity index (χ2v) is 7.19. The van der Waals surface area contributed by atoms with Crippen LogP contribution in [0.15, 0.2) is 29.4 Å². The van der Waals surface area contributed by atoms with Crippen molar-refractivity contribution in [3.8, 4) is 0 Å². The van der Waals surface area contributed by atoms with Crippen molar-refractivity contribution >= 4 is 34.9 Å². The zero-order valence-corrected chi connectivity index (χ0v) is 15.4. The van der Waals surface area contributed by atoms with E-state index in [0.29, 0.717) is 11.0 Å². The van der Waals surface area contributed by atoms with Crippen molar-refractivity contribution in [2.45, 2.75) is 31.8 Å². The van der Waals surface area contributed by atoms with E-state index in [1.165, 1.54) is 30.3 Å². The minimum absolute atomic E-state index is 0.0781. The number of aryl methyl sites for hydroxylation is 2. The van der Waals surface area contributed by atoms with Crippen molar-refractivity contribution in [1.82, 2.24) is 9.97 Å². The van der Waals surface area contributed by atoms with E-state index in [9.17, 15) is 4.79 Å². The summed E-state index contributed by atoms with van der Waals surface area (Å²) in [5, 5.41) is 3.48. The third-order valence-corrected chi connectivity index (χ3v) is 4.99. The molecular weight excluding hydrogens is 334 g/mol. The highest BCUT2D eigenvalue weighted by Crippen LogP contribution is 2.26. The first-order valence-corrected chi connectivity index (χ1v) is 9.39. The molecule has 1 amide bonds. The monoisotopic (exact) mass is 357 g/mol. The van der Waals surface area contributed by atoms with Crippen LogP contribution in [-0.2, 0) is 4.79 Å². The summed E-state index contributed by atoms with van der Waals surface area (Å²) < 4.78 is 0. The molecule has 1 aliphatic heterocycles. The van der Waals surface area contributed by atoms with Gasteiger partial charge in [-0.3, -0.25) is 4.79 Å². The van der Waals surface area contributed by atoms with Gasteiger partial charge < -0.3 is 16.0 Å². The lowest BCUT2D eigenvalue weighted by atomic mass is 10.1. The van der Waals surface area contributed by atoms with E-state index in [-0.39, 0.29) is 11.7 Å². The third-order valence-electron chi connectivity index (χ3n) is 4.14. The first-order chi connectivity index (χ1) is 12.0. The van der Waals surface area contributed by atoms with E-state index in [1.54, 1.807) is 6.07 Å². The molecule has 0 unspecified atom stereocenters. The Hall–Kier alpha value is -2.28. The molecule has 0 bridgehead atoms. The maximum absolute atomic E-state index is 12.2. The number of nitrogens with two attached hydrogens (primary N) is 1. The number of carbonyl (C=O) groups excluding carboxylic acids is 1. The summed E-state index contributed by atoms with van der Waals surface area (Å²) in [6.45, 7) is 6.10. The highest BCUT2D eigenvalue weighted by molar-refractivity contribution is 7.99. The molecule has 0 saturated carbocycles. The minimum Gasteiger partial charge on any atom is -0.384 e. The molecule has 0 radical (unpaired) electrons. The second kappa shape index (κ2) is 7.74. The first kappa shape index (κ1) is 17.5. The number of hydrogen-bond donors (Lipinski definition) is 2. The summed E-state index contributed by atoms with van der Waals surface area (Å²) >= 11 is 1.28. The van der Waals surface area contributed by atoms with Crippen LogP contribution in [0.2, 0.25) is 0 Å². The Kier molecular flexibility index (Phi) is 5.43. The number of nitrogen functional groups attached to an aromatic ring is 1. The maximum atomic E-state index is 12.2. The van der Waals surface area contributed by atoms with Gasteiger partial charge in [-0.05, 0) is 50.5 Å². The van der Waals surface area contributed by atoms with Gasteiger partial charge in [0.15, 0.2) is 5.16 Å².